The molecule has 1 aliphatic rings. The van der Waals surface area contributed by atoms with E-state index in [1.54, 1.807) is 18.2 Å². The van der Waals surface area contributed by atoms with E-state index in [1.807, 2.05) is 25.1 Å². The summed E-state index contributed by atoms with van der Waals surface area (Å²) < 4.78 is 21.5. The van der Waals surface area contributed by atoms with Gasteiger partial charge in [-0.15, -0.1) is 0 Å². The Morgan fingerprint density at radius 3 is 2.50 bits per heavy atom. The molecule has 0 spiro atoms. The van der Waals surface area contributed by atoms with Crippen molar-refractivity contribution in [3.05, 3.63) is 53.1 Å². The number of benzene rings is 2. The number of Topliss-reactive ketones (excluding diaryl/α,β-unsaturated/α-hetero) is 1. The number of ether oxygens (including phenoxy) is 4. The lowest BCUT2D eigenvalue weighted by Crippen LogP contribution is -2.20. The highest BCUT2D eigenvalue weighted by Gasteiger charge is 2.16. The van der Waals surface area contributed by atoms with Crippen molar-refractivity contribution in [2.45, 2.75) is 26.7 Å². The van der Waals surface area contributed by atoms with Crippen LogP contribution in [0.3, 0.4) is 0 Å². The molecule has 0 amide bonds. The Labute approximate surface area is 164 Å². The first kappa shape index (κ1) is 19.7. The molecular weight excluding hydrogens is 360 g/mol. The Balaban J connectivity index is 1.52. The topological polar surface area (TPSA) is 71.1 Å². The minimum absolute atomic E-state index is 0.253. The Kier molecular flexibility index (Phi) is 6.19. The molecule has 0 unspecified atom stereocenters. The fourth-order valence-electron chi connectivity index (χ4n) is 2.76. The average molecular weight is 384 g/mol. The van der Waals surface area contributed by atoms with E-state index in [1.165, 1.54) is 0 Å². The van der Waals surface area contributed by atoms with Crippen LogP contribution >= 0.6 is 0 Å². The molecule has 0 bridgehead atoms. The molecule has 2 aromatic carbocycles. The van der Waals surface area contributed by atoms with Crippen LogP contribution in [0.25, 0.3) is 0 Å². The molecule has 6 nitrogen and oxygen atoms in total. The van der Waals surface area contributed by atoms with Crippen LogP contribution in [0.15, 0.2) is 36.4 Å². The maximum atomic E-state index is 12.3. The summed E-state index contributed by atoms with van der Waals surface area (Å²) >= 11 is 0. The van der Waals surface area contributed by atoms with Crippen LogP contribution in [-0.4, -0.2) is 38.2 Å². The maximum Gasteiger partial charge on any atom is 0.344 e. The summed E-state index contributed by atoms with van der Waals surface area (Å²) in [4.78, 5) is 24.2. The molecule has 3 rings (SSSR count). The van der Waals surface area contributed by atoms with Gasteiger partial charge in [-0.2, -0.15) is 0 Å². The van der Waals surface area contributed by atoms with E-state index in [9.17, 15) is 9.59 Å². The lowest BCUT2D eigenvalue weighted by atomic mass is 10.0. The first-order valence-corrected chi connectivity index (χ1v) is 9.26. The Morgan fingerprint density at radius 1 is 1.00 bits per heavy atom. The minimum atomic E-state index is -0.597. The average Bonchev–Trinajstić information content (AvgIpc) is 2.70. The molecule has 0 atom stereocenters. The normalized spacial score (nSPS) is 12.6. The number of hydrogen-bond acceptors (Lipinski definition) is 6. The summed E-state index contributed by atoms with van der Waals surface area (Å²) in [5, 5.41) is 0. The van der Waals surface area contributed by atoms with Crippen LogP contribution in [0.4, 0.5) is 0 Å². The molecule has 0 fully saturated rings. The van der Waals surface area contributed by atoms with Crippen molar-refractivity contribution in [2.75, 3.05) is 26.4 Å². The predicted molar refractivity (Wildman–Crippen MR) is 103 cm³/mol. The largest absolute Gasteiger partial charge is 0.486 e. The first-order valence-electron chi connectivity index (χ1n) is 9.26. The van der Waals surface area contributed by atoms with Gasteiger partial charge in [0.15, 0.2) is 30.5 Å². The van der Waals surface area contributed by atoms with Gasteiger partial charge in [0.2, 0.25) is 0 Å². The van der Waals surface area contributed by atoms with E-state index in [0.717, 1.165) is 11.1 Å². The molecule has 2 aromatic rings. The molecule has 0 saturated carbocycles. The van der Waals surface area contributed by atoms with Gasteiger partial charge in [0.1, 0.15) is 19.0 Å². The number of carbonyl (C=O) groups is 2. The third-order valence-corrected chi connectivity index (χ3v) is 4.45. The van der Waals surface area contributed by atoms with Crippen LogP contribution in [0, 0.1) is 6.92 Å². The van der Waals surface area contributed by atoms with Crippen molar-refractivity contribution in [3.8, 4) is 17.2 Å². The predicted octanol–water partition coefficient (Wildman–Crippen LogP) is 3.69. The number of fused-ring (bicyclic) bond motifs is 1. The summed E-state index contributed by atoms with van der Waals surface area (Å²) in [6.45, 7) is 6.41. The van der Waals surface area contributed by atoms with Gasteiger partial charge in [-0.3, -0.25) is 4.79 Å². The van der Waals surface area contributed by atoms with Crippen molar-refractivity contribution < 1.29 is 28.5 Å². The van der Waals surface area contributed by atoms with Gasteiger partial charge in [0.25, 0.3) is 0 Å². The molecule has 1 heterocycles. The number of hydrogen-bond donors (Lipinski definition) is 0. The first-order chi connectivity index (χ1) is 13.4. The number of rotatable bonds is 7. The van der Waals surface area contributed by atoms with E-state index in [4.69, 9.17) is 18.9 Å². The SMILES string of the molecule is Cc1ccc(C(C)C)cc1OCC(=O)OCC(=O)c1ccc2c(c1)OCCO2. The highest BCUT2D eigenvalue weighted by Crippen LogP contribution is 2.31. The fourth-order valence-corrected chi connectivity index (χ4v) is 2.76. The van der Waals surface area contributed by atoms with Crippen LogP contribution in [0.2, 0.25) is 0 Å². The lowest BCUT2D eigenvalue weighted by molar-refractivity contribution is -0.144. The van der Waals surface area contributed by atoms with E-state index in [2.05, 4.69) is 13.8 Å². The second-order valence-corrected chi connectivity index (χ2v) is 6.91. The number of aryl methyl sites for hydroxylation is 1. The van der Waals surface area contributed by atoms with E-state index >= 15 is 0 Å². The van der Waals surface area contributed by atoms with Crippen LogP contribution in [-0.2, 0) is 9.53 Å². The lowest BCUT2D eigenvalue weighted by Gasteiger charge is -2.18. The van der Waals surface area contributed by atoms with Gasteiger partial charge in [0, 0.05) is 5.56 Å². The molecule has 28 heavy (non-hydrogen) atoms. The van der Waals surface area contributed by atoms with Crippen molar-refractivity contribution in [1.82, 2.24) is 0 Å². The highest BCUT2D eigenvalue weighted by molar-refractivity contribution is 5.98. The Morgan fingerprint density at radius 2 is 1.75 bits per heavy atom. The van der Waals surface area contributed by atoms with Gasteiger partial charge in [0.05, 0.1) is 0 Å². The summed E-state index contributed by atoms with van der Waals surface area (Å²) in [6.07, 6.45) is 0. The van der Waals surface area contributed by atoms with Crippen molar-refractivity contribution in [2.24, 2.45) is 0 Å². The van der Waals surface area contributed by atoms with Gasteiger partial charge in [-0.25, -0.2) is 4.79 Å². The zero-order chi connectivity index (χ0) is 20.1. The van der Waals surface area contributed by atoms with E-state index < -0.39 is 5.97 Å². The van der Waals surface area contributed by atoms with Crippen molar-refractivity contribution >= 4 is 11.8 Å². The second-order valence-electron chi connectivity index (χ2n) is 6.91. The molecule has 148 valence electrons. The third-order valence-electron chi connectivity index (χ3n) is 4.45. The molecule has 0 saturated heterocycles. The highest BCUT2D eigenvalue weighted by atomic mass is 16.6. The second kappa shape index (κ2) is 8.78. The quantitative estimate of drug-likeness (QED) is 0.536. The minimum Gasteiger partial charge on any atom is -0.486 e. The standard InChI is InChI=1S/C22H24O6/c1-14(2)16-5-4-15(3)20(10-16)27-13-22(24)28-12-18(23)17-6-7-19-21(11-17)26-9-8-25-19/h4-7,10-11,14H,8-9,12-13H2,1-3H3. The Bertz CT molecular complexity index is 871. The summed E-state index contributed by atoms with van der Waals surface area (Å²) in [5.74, 6) is 1.21. The summed E-state index contributed by atoms with van der Waals surface area (Å²) in [6, 6.07) is 10.8. The monoisotopic (exact) mass is 384 g/mol. The number of esters is 1. The molecule has 1 aliphatic heterocycles. The maximum absolute atomic E-state index is 12.3. The molecule has 0 aromatic heterocycles. The molecule has 0 N–H and O–H groups in total. The summed E-state index contributed by atoms with van der Waals surface area (Å²) in [5.41, 5.74) is 2.46. The van der Waals surface area contributed by atoms with Crippen molar-refractivity contribution in [1.29, 1.82) is 0 Å². The van der Waals surface area contributed by atoms with Crippen LogP contribution < -0.4 is 14.2 Å². The molecule has 0 aliphatic carbocycles. The smallest absolute Gasteiger partial charge is 0.344 e. The Hall–Kier alpha value is -3.02. The third kappa shape index (κ3) is 4.82. The van der Waals surface area contributed by atoms with Gasteiger partial charge >= 0.3 is 5.97 Å². The van der Waals surface area contributed by atoms with Gasteiger partial charge < -0.3 is 18.9 Å². The van der Waals surface area contributed by atoms with Gasteiger partial charge in [-0.05, 0) is 48.2 Å². The number of carbonyl (C=O) groups excluding carboxylic acids is 2. The zero-order valence-electron chi connectivity index (χ0n) is 16.3. The van der Waals surface area contributed by atoms with E-state index in [0.29, 0.717) is 41.9 Å². The molecule has 6 heteroatoms. The fraction of sp³-hybridized carbons (Fsp3) is 0.364. The van der Waals surface area contributed by atoms with E-state index in [-0.39, 0.29) is 19.0 Å². The molecular formula is C22H24O6. The van der Waals surface area contributed by atoms with Crippen LogP contribution in [0.1, 0.15) is 41.3 Å². The van der Waals surface area contributed by atoms with Crippen molar-refractivity contribution in [3.63, 3.8) is 0 Å². The van der Waals surface area contributed by atoms with Crippen LogP contribution in [0.5, 0.6) is 17.2 Å². The zero-order valence-corrected chi connectivity index (χ0v) is 16.3. The molecule has 0 radical (unpaired) electrons. The van der Waals surface area contributed by atoms with Gasteiger partial charge in [-0.1, -0.05) is 26.0 Å². The summed E-state index contributed by atoms with van der Waals surface area (Å²) in [7, 11) is 0. The number of ketones is 1.